The van der Waals surface area contributed by atoms with E-state index in [2.05, 4.69) is 13.8 Å². The number of esters is 1. The number of carboxylic acid groups (broad SMARTS) is 1. The maximum Gasteiger partial charge on any atom is 0.310 e. The molecule has 29 heavy (non-hydrogen) atoms. The predicted molar refractivity (Wildman–Crippen MR) is 119 cm³/mol. The molecule has 0 aromatic rings. The maximum atomic E-state index is 12.7. The largest absolute Gasteiger partial charge is 0.481 e. The van der Waals surface area contributed by atoms with Crippen molar-refractivity contribution < 1.29 is 19.4 Å². The van der Waals surface area contributed by atoms with Crippen molar-refractivity contribution >= 4 is 11.9 Å². The number of carbonyl (C=O) groups is 2. The molecule has 0 bridgehead atoms. The van der Waals surface area contributed by atoms with Crippen LogP contribution in [0.15, 0.2) is 0 Å². The number of hydrogen-bond donors (Lipinski definition) is 1. The molecule has 4 heteroatoms. The van der Waals surface area contributed by atoms with Gasteiger partial charge in [-0.25, -0.2) is 0 Å². The number of unbranched alkanes of at least 4 members (excludes halogenated alkanes) is 10. The summed E-state index contributed by atoms with van der Waals surface area (Å²) in [6, 6.07) is 0. The average Bonchev–Trinajstić information content (AvgIpc) is 2.72. The SMILES string of the molecule is CCCCCCCCCCCCC(CCCC)OC(=O)C1CCCCC1C(=O)O. The third kappa shape index (κ3) is 11.6. The van der Waals surface area contributed by atoms with Crippen LogP contribution in [0.25, 0.3) is 0 Å². The molecule has 0 saturated heterocycles. The minimum absolute atomic E-state index is 0.0344. The van der Waals surface area contributed by atoms with Crippen LogP contribution >= 0.6 is 0 Å². The van der Waals surface area contributed by atoms with Crippen LogP contribution in [0.3, 0.4) is 0 Å². The first kappa shape index (κ1) is 26.0. The molecule has 170 valence electrons. The number of carbonyl (C=O) groups excluding carboxylic acids is 1. The molecule has 0 aromatic carbocycles. The fraction of sp³-hybridized carbons (Fsp3) is 0.920. The summed E-state index contributed by atoms with van der Waals surface area (Å²) in [5.74, 6) is -2.10. The van der Waals surface area contributed by atoms with Crippen molar-refractivity contribution in [2.45, 2.75) is 136 Å². The highest BCUT2D eigenvalue weighted by atomic mass is 16.5. The molecule has 0 spiro atoms. The molecule has 1 N–H and O–H groups in total. The van der Waals surface area contributed by atoms with Crippen molar-refractivity contribution in [1.82, 2.24) is 0 Å². The van der Waals surface area contributed by atoms with Crippen molar-refractivity contribution in [2.24, 2.45) is 11.8 Å². The van der Waals surface area contributed by atoms with Gasteiger partial charge in [-0.15, -0.1) is 0 Å². The van der Waals surface area contributed by atoms with Crippen LogP contribution in [0.4, 0.5) is 0 Å². The summed E-state index contributed by atoms with van der Waals surface area (Å²) in [4.78, 5) is 24.2. The fourth-order valence-corrected chi connectivity index (χ4v) is 4.51. The van der Waals surface area contributed by atoms with Gasteiger partial charge in [0.1, 0.15) is 6.10 Å². The molecular weight excluding hydrogens is 364 g/mol. The molecule has 0 radical (unpaired) electrons. The molecule has 3 unspecified atom stereocenters. The Balaban J connectivity index is 2.28. The van der Waals surface area contributed by atoms with Crippen LogP contribution in [-0.4, -0.2) is 23.1 Å². The topological polar surface area (TPSA) is 63.6 Å². The highest BCUT2D eigenvalue weighted by Crippen LogP contribution is 2.32. The summed E-state index contributed by atoms with van der Waals surface area (Å²) in [5, 5.41) is 9.43. The number of hydrogen-bond acceptors (Lipinski definition) is 3. The van der Waals surface area contributed by atoms with Crippen LogP contribution in [0, 0.1) is 11.8 Å². The highest BCUT2D eigenvalue weighted by molar-refractivity contribution is 5.81. The summed E-state index contributed by atoms with van der Waals surface area (Å²) in [6.07, 6.45) is 20.1. The number of rotatable bonds is 17. The lowest BCUT2D eigenvalue weighted by Crippen LogP contribution is -2.35. The molecule has 0 aromatic heterocycles. The van der Waals surface area contributed by atoms with Gasteiger partial charge in [0.2, 0.25) is 0 Å². The Bertz CT molecular complexity index is 435. The quantitative estimate of drug-likeness (QED) is 0.202. The lowest BCUT2D eigenvalue weighted by atomic mass is 9.79. The molecule has 1 saturated carbocycles. The number of aliphatic carboxylic acids is 1. The third-order valence-corrected chi connectivity index (χ3v) is 6.43. The van der Waals surface area contributed by atoms with E-state index in [-0.39, 0.29) is 12.1 Å². The van der Waals surface area contributed by atoms with Crippen LogP contribution in [-0.2, 0) is 14.3 Å². The molecule has 3 atom stereocenters. The van der Waals surface area contributed by atoms with Crippen LogP contribution in [0.1, 0.15) is 129 Å². The third-order valence-electron chi connectivity index (χ3n) is 6.43. The van der Waals surface area contributed by atoms with Crippen molar-refractivity contribution in [1.29, 1.82) is 0 Å². The van der Waals surface area contributed by atoms with Crippen LogP contribution in [0.2, 0.25) is 0 Å². The van der Waals surface area contributed by atoms with Gasteiger partial charge in [-0.05, 0) is 32.1 Å². The Kier molecular flexibility index (Phi) is 15.0. The van der Waals surface area contributed by atoms with E-state index < -0.39 is 17.8 Å². The van der Waals surface area contributed by atoms with E-state index in [1.807, 2.05) is 0 Å². The van der Waals surface area contributed by atoms with Crippen molar-refractivity contribution in [3.8, 4) is 0 Å². The van der Waals surface area contributed by atoms with E-state index in [9.17, 15) is 14.7 Å². The molecule has 0 amide bonds. The molecule has 1 aliphatic rings. The van der Waals surface area contributed by atoms with E-state index in [4.69, 9.17) is 4.74 Å². The second kappa shape index (κ2) is 16.7. The van der Waals surface area contributed by atoms with Gasteiger partial charge in [0.05, 0.1) is 11.8 Å². The van der Waals surface area contributed by atoms with Gasteiger partial charge in [0, 0.05) is 0 Å². The normalized spacial score (nSPS) is 20.3. The van der Waals surface area contributed by atoms with Crippen LogP contribution in [0.5, 0.6) is 0 Å². The van der Waals surface area contributed by atoms with Crippen molar-refractivity contribution in [3.63, 3.8) is 0 Å². The summed E-state index contributed by atoms with van der Waals surface area (Å²) in [7, 11) is 0. The van der Waals surface area contributed by atoms with Gasteiger partial charge in [0.15, 0.2) is 0 Å². The second-order valence-electron chi connectivity index (χ2n) is 9.01. The minimum Gasteiger partial charge on any atom is -0.481 e. The molecule has 1 fully saturated rings. The van der Waals surface area contributed by atoms with Crippen molar-refractivity contribution in [3.05, 3.63) is 0 Å². The zero-order chi connectivity index (χ0) is 21.3. The Hall–Kier alpha value is -1.06. The molecule has 4 nitrogen and oxygen atoms in total. The number of ether oxygens (including phenoxy) is 1. The Morgan fingerprint density at radius 3 is 1.79 bits per heavy atom. The minimum atomic E-state index is -0.841. The molecule has 0 aliphatic heterocycles. The first-order valence-electron chi connectivity index (χ1n) is 12.5. The van der Waals surface area contributed by atoms with Gasteiger partial charge in [-0.1, -0.05) is 97.3 Å². The summed E-state index contributed by atoms with van der Waals surface area (Å²) in [5.41, 5.74) is 0. The smallest absolute Gasteiger partial charge is 0.310 e. The Morgan fingerprint density at radius 1 is 0.759 bits per heavy atom. The van der Waals surface area contributed by atoms with Gasteiger partial charge >= 0.3 is 11.9 Å². The van der Waals surface area contributed by atoms with Gasteiger partial charge < -0.3 is 9.84 Å². The highest BCUT2D eigenvalue weighted by Gasteiger charge is 2.37. The first-order valence-corrected chi connectivity index (χ1v) is 12.5. The van der Waals surface area contributed by atoms with Gasteiger partial charge in [-0.3, -0.25) is 9.59 Å². The molecule has 1 rings (SSSR count). The molecular formula is C25H46O4. The Labute approximate surface area is 179 Å². The molecule has 0 heterocycles. The fourth-order valence-electron chi connectivity index (χ4n) is 4.51. The van der Waals surface area contributed by atoms with E-state index in [0.29, 0.717) is 12.8 Å². The Morgan fingerprint density at radius 2 is 1.24 bits per heavy atom. The van der Waals surface area contributed by atoms with Crippen molar-refractivity contribution in [2.75, 3.05) is 0 Å². The van der Waals surface area contributed by atoms with E-state index in [1.165, 1.54) is 57.8 Å². The van der Waals surface area contributed by atoms with E-state index in [1.54, 1.807) is 0 Å². The van der Waals surface area contributed by atoms with Gasteiger partial charge in [0.25, 0.3) is 0 Å². The summed E-state index contributed by atoms with van der Waals surface area (Å²) in [6.45, 7) is 4.41. The lowest BCUT2D eigenvalue weighted by molar-refractivity contribution is -0.164. The van der Waals surface area contributed by atoms with E-state index in [0.717, 1.165) is 44.9 Å². The summed E-state index contributed by atoms with van der Waals surface area (Å²) >= 11 is 0. The average molecular weight is 411 g/mol. The van der Waals surface area contributed by atoms with E-state index >= 15 is 0 Å². The summed E-state index contributed by atoms with van der Waals surface area (Å²) < 4.78 is 5.85. The maximum absolute atomic E-state index is 12.7. The molecule has 1 aliphatic carbocycles. The predicted octanol–water partition coefficient (Wildman–Crippen LogP) is 7.29. The first-order chi connectivity index (χ1) is 14.1. The standard InChI is InChI=1S/C25H46O4/c1-3-5-7-8-9-10-11-12-13-14-18-21(17-6-4-2)29-25(28)23-20-16-15-19-22(23)24(26)27/h21-23H,3-20H2,1-2H3,(H,26,27). The monoisotopic (exact) mass is 410 g/mol. The number of carboxylic acids is 1. The zero-order valence-electron chi connectivity index (χ0n) is 19.1. The van der Waals surface area contributed by atoms with Crippen LogP contribution < -0.4 is 0 Å². The lowest BCUT2D eigenvalue weighted by Gasteiger charge is -2.28. The zero-order valence-corrected chi connectivity index (χ0v) is 19.1. The second-order valence-corrected chi connectivity index (χ2v) is 9.01. The van der Waals surface area contributed by atoms with Gasteiger partial charge in [-0.2, -0.15) is 0 Å².